The summed E-state index contributed by atoms with van der Waals surface area (Å²) in [5, 5.41) is 3.27. The standard InChI is InChI=1S/C23H24N4O/c1-3-7-18(8-4-1)16-27-13-11-23(12-14-27)20-15-24-22(26-21(20)17-28-23)25-19-9-5-2-6-10-19/h1-10,15H,11-14,16-17H2,(H,24,25,26). The largest absolute Gasteiger partial charge is 0.364 e. The summed E-state index contributed by atoms with van der Waals surface area (Å²) >= 11 is 0. The number of ether oxygens (including phenoxy) is 1. The molecule has 0 aliphatic carbocycles. The predicted octanol–water partition coefficient (Wildman–Crippen LogP) is 4.24. The Morgan fingerprint density at radius 1 is 0.964 bits per heavy atom. The molecule has 0 atom stereocenters. The first-order valence-electron chi connectivity index (χ1n) is 9.89. The van der Waals surface area contributed by atoms with Crippen molar-refractivity contribution >= 4 is 11.6 Å². The van der Waals surface area contributed by atoms with Gasteiger partial charge >= 0.3 is 0 Å². The van der Waals surface area contributed by atoms with Gasteiger partial charge in [-0.1, -0.05) is 48.5 Å². The molecule has 1 aromatic heterocycles. The summed E-state index contributed by atoms with van der Waals surface area (Å²) in [6.45, 7) is 3.62. The van der Waals surface area contributed by atoms with E-state index < -0.39 is 0 Å². The highest BCUT2D eigenvalue weighted by Crippen LogP contribution is 2.43. The number of piperidine rings is 1. The molecule has 2 aliphatic heterocycles. The Labute approximate surface area is 165 Å². The van der Waals surface area contributed by atoms with Crippen LogP contribution in [0.2, 0.25) is 0 Å². The van der Waals surface area contributed by atoms with Gasteiger partial charge in [-0.3, -0.25) is 4.90 Å². The monoisotopic (exact) mass is 372 g/mol. The van der Waals surface area contributed by atoms with Crippen LogP contribution < -0.4 is 5.32 Å². The second-order valence-corrected chi connectivity index (χ2v) is 7.59. The molecule has 0 amide bonds. The van der Waals surface area contributed by atoms with Gasteiger partial charge in [0.05, 0.1) is 17.9 Å². The molecule has 0 radical (unpaired) electrons. The molecule has 5 heteroatoms. The quantitative estimate of drug-likeness (QED) is 0.742. The Bertz CT molecular complexity index is 937. The Morgan fingerprint density at radius 3 is 2.43 bits per heavy atom. The topological polar surface area (TPSA) is 50.3 Å². The molecule has 3 aromatic rings. The maximum Gasteiger partial charge on any atom is 0.227 e. The highest BCUT2D eigenvalue weighted by Gasteiger charge is 2.43. The van der Waals surface area contributed by atoms with Crippen LogP contribution in [0.3, 0.4) is 0 Å². The molecule has 5 nitrogen and oxygen atoms in total. The lowest BCUT2D eigenvalue weighted by Gasteiger charge is -2.39. The van der Waals surface area contributed by atoms with E-state index in [1.54, 1.807) is 0 Å². The molecule has 28 heavy (non-hydrogen) atoms. The molecule has 2 aliphatic rings. The van der Waals surface area contributed by atoms with E-state index in [-0.39, 0.29) is 5.60 Å². The van der Waals surface area contributed by atoms with Gasteiger partial charge in [0.1, 0.15) is 0 Å². The fourth-order valence-electron chi connectivity index (χ4n) is 4.23. The minimum Gasteiger partial charge on any atom is -0.364 e. The van der Waals surface area contributed by atoms with Gasteiger partial charge in [0, 0.05) is 37.1 Å². The zero-order valence-electron chi connectivity index (χ0n) is 15.8. The van der Waals surface area contributed by atoms with Crippen molar-refractivity contribution in [3.63, 3.8) is 0 Å². The van der Waals surface area contributed by atoms with Crippen LogP contribution in [0.5, 0.6) is 0 Å². The molecule has 5 rings (SSSR count). The summed E-state index contributed by atoms with van der Waals surface area (Å²) in [6.07, 6.45) is 3.94. The smallest absolute Gasteiger partial charge is 0.227 e. The zero-order valence-corrected chi connectivity index (χ0v) is 15.8. The van der Waals surface area contributed by atoms with Gasteiger partial charge in [-0.25, -0.2) is 9.97 Å². The second kappa shape index (κ2) is 7.34. The van der Waals surface area contributed by atoms with Crippen molar-refractivity contribution in [3.8, 4) is 0 Å². The van der Waals surface area contributed by atoms with E-state index in [1.807, 2.05) is 36.5 Å². The third kappa shape index (κ3) is 3.39. The van der Waals surface area contributed by atoms with E-state index in [9.17, 15) is 0 Å². The first-order chi connectivity index (χ1) is 13.8. The van der Waals surface area contributed by atoms with Crippen LogP contribution in [0.25, 0.3) is 0 Å². The number of hydrogen-bond acceptors (Lipinski definition) is 5. The maximum atomic E-state index is 6.30. The molecule has 0 bridgehead atoms. The van der Waals surface area contributed by atoms with Crippen molar-refractivity contribution in [3.05, 3.63) is 83.7 Å². The van der Waals surface area contributed by atoms with Crippen LogP contribution in [0.15, 0.2) is 66.9 Å². The van der Waals surface area contributed by atoms with Gasteiger partial charge in [-0.2, -0.15) is 0 Å². The zero-order chi connectivity index (χ0) is 18.8. The first kappa shape index (κ1) is 17.3. The lowest BCUT2D eigenvalue weighted by atomic mass is 9.85. The van der Waals surface area contributed by atoms with Crippen LogP contribution in [0.4, 0.5) is 11.6 Å². The van der Waals surface area contributed by atoms with Gasteiger partial charge in [0.25, 0.3) is 0 Å². The van der Waals surface area contributed by atoms with Gasteiger partial charge in [0.15, 0.2) is 0 Å². The van der Waals surface area contributed by atoms with Crippen molar-refractivity contribution in [1.82, 2.24) is 14.9 Å². The number of likely N-dealkylation sites (tertiary alicyclic amines) is 1. The minimum atomic E-state index is -0.214. The molecule has 1 N–H and O–H groups in total. The van der Waals surface area contributed by atoms with Crippen LogP contribution in [0, 0.1) is 0 Å². The molecule has 0 saturated carbocycles. The van der Waals surface area contributed by atoms with Crippen LogP contribution in [0.1, 0.15) is 29.7 Å². The van der Waals surface area contributed by atoms with Gasteiger partial charge in [-0.05, 0) is 30.5 Å². The van der Waals surface area contributed by atoms with E-state index >= 15 is 0 Å². The molecule has 0 unspecified atom stereocenters. The van der Waals surface area contributed by atoms with E-state index in [0.717, 1.165) is 43.9 Å². The van der Waals surface area contributed by atoms with Crippen molar-refractivity contribution in [2.24, 2.45) is 0 Å². The number of aromatic nitrogens is 2. The molecule has 2 aromatic carbocycles. The van der Waals surface area contributed by atoms with E-state index in [1.165, 1.54) is 11.1 Å². The molecule has 1 fully saturated rings. The Kier molecular flexibility index (Phi) is 4.55. The predicted molar refractivity (Wildman–Crippen MR) is 109 cm³/mol. The number of anilines is 2. The summed E-state index contributed by atoms with van der Waals surface area (Å²) in [4.78, 5) is 11.8. The number of nitrogens with zero attached hydrogens (tertiary/aromatic N) is 3. The van der Waals surface area contributed by atoms with Crippen LogP contribution >= 0.6 is 0 Å². The Morgan fingerprint density at radius 2 is 1.68 bits per heavy atom. The lowest BCUT2D eigenvalue weighted by molar-refractivity contribution is -0.0802. The molecule has 142 valence electrons. The van der Waals surface area contributed by atoms with Crippen LogP contribution in [-0.4, -0.2) is 28.0 Å². The summed E-state index contributed by atoms with van der Waals surface area (Å²) in [5.41, 5.74) is 4.33. The molecular formula is C23H24N4O. The van der Waals surface area contributed by atoms with Gasteiger partial charge < -0.3 is 10.1 Å². The van der Waals surface area contributed by atoms with Crippen molar-refractivity contribution in [2.75, 3.05) is 18.4 Å². The Balaban J connectivity index is 1.28. The lowest BCUT2D eigenvalue weighted by Crippen LogP contribution is -2.42. The first-order valence-corrected chi connectivity index (χ1v) is 9.89. The SMILES string of the molecule is c1ccc(CN2CCC3(CC2)OCc2nc(Nc4ccccc4)ncc23)cc1. The van der Waals surface area contributed by atoms with Gasteiger partial charge in [-0.15, -0.1) is 0 Å². The average Bonchev–Trinajstić information content (AvgIpc) is 3.09. The normalized spacial score (nSPS) is 18.1. The number of rotatable bonds is 4. The molecular weight excluding hydrogens is 348 g/mol. The molecule has 1 saturated heterocycles. The number of hydrogen-bond donors (Lipinski definition) is 1. The van der Waals surface area contributed by atoms with Crippen molar-refractivity contribution in [1.29, 1.82) is 0 Å². The van der Waals surface area contributed by atoms with Crippen molar-refractivity contribution < 1.29 is 4.74 Å². The second-order valence-electron chi connectivity index (χ2n) is 7.59. The highest BCUT2D eigenvalue weighted by molar-refractivity contribution is 5.53. The van der Waals surface area contributed by atoms with E-state index in [0.29, 0.717) is 12.6 Å². The summed E-state index contributed by atoms with van der Waals surface area (Å²) < 4.78 is 6.30. The number of nitrogens with one attached hydrogen (secondary N) is 1. The maximum absolute atomic E-state index is 6.30. The number of para-hydroxylation sites is 1. The fourth-order valence-corrected chi connectivity index (χ4v) is 4.23. The van der Waals surface area contributed by atoms with E-state index in [4.69, 9.17) is 9.72 Å². The fraction of sp³-hybridized carbons (Fsp3) is 0.304. The van der Waals surface area contributed by atoms with Crippen molar-refractivity contribution in [2.45, 2.75) is 31.6 Å². The summed E-state index contributed by atoms with van der Waals surface area (Å²) in [5.74, 6) is 0.632. The minimum absolute atomic E-state index is 0.214. The Hall–Kier alpha value is -2.76. The third-order valence-corrected chi connectivity index (χ3v) is 5.79. The average molecular weight is 372 g/mol. The highest BCUT2D eigenvalue weighted by atomic mass is 16.5. The summed E-state index contributed by atoms with van der Waals surface area (Å²) in [6, 6.07) is 20.7. The molecule has 1 spiro atoms. The summed E-state index contributed by atoms with van der Waals surface area (Å²) in [7, 11) is 0. The van der Waals surface area contributed by atoms with Gasteiger partial charge in [0.2, 0.25) is 5.95 Å². The van der Waals surface area contributed by atoms with Crippen LogP contribution in [-0.2, 0) is 23.5 Å². The third-order valence-electron chi connectivity index (χ3n) is 5.79. The van der Waals surface area contributed by atoms with E-state index in [2.05, 4.69) is 45.5 Å². The number of fused-ring (bicyclic) bond motifs is 2. The number of benzene rings is 2. The molecule has 3 heterocycles.